The van der Waals surface area contributed by atoms with Gasteiger partial charge in [-0.2, -0.15) is 0 Å². The van der Waals surface area contributed by atoms with Crippen molar-refractivity contribution in [1.29, 1.82) is 0 Å². The predicted octanol–water partition coefficient (Wildman–Crippen LogP) is 0.324. The smallest absolute Gasteiger partial charge is 0.256 e. The molecule has 1 aromatic rings. The van der Waals surface area contributed by atoms with Crippen LogP contribution in [0.25, 0.3) is 0 Å². The summed E-state index contributed by atoms with van der Waals surface area (Å²) < 4.78 is 0. The molecule has 20 heavy (non-hydrogen) atoms. The fourth-order valence-electron chi connectivity index (χ4n) is 2.03. The maximum atomic E-state index is 12.4. The molecular weight excluding hydrogens is 256 g/mol. The lowest BCUT2D eigenvalue weighted by Crippen LogP contribution is -2.45. The van der Waals surface area contributed by atoms with E-state index in [9.17, 15) is 9.59 Å². The molecule has 0 saturated heterocycles. The summed E-state index contributed by atoms with van der Waals surface area (Å²) in [6, 6.07) is 6.11. The highest BCUT2D eigenvalue weighted by molar-refractivity contribution is 6.01. The van der Waals surface area contributed by atoms with Gasteiger partial charge in [0.1, 0.15) is 6.04 Å². The summed E-state index contributed by atoms with van der Waals surface area (Å²) in [6.07, 6.45) is 2.03. The van der Waals surface area contributed by atoms with Crippen LogP contribution < -0.4 is 17.2 Å². The summed E-state index contributed by atoms with van der Waals surface area (Å²) in [5, 5.41) is 0. The van der Waals surface area contributed by atoms with Crippen molar-refractivity contribution in [2.24, 2.45) is 11.5 Å². The Hall–Kier alpha value is -2.08. The van der Waals surface area contributed by atoms with Crippen molar-refractivity contribution >= 4 is 17.5 Å². The molecular formula is C14H22N4O2. The number of rotatable bonds is 7. The van der Waals surface area contributed by atoms with E-state index in [1.165, 1.54) is 4.90 Å². The molecule has 2 amide bonds. The van der Waals surface area contributed by atoms with E-state index in [4.69, 9.17) is 17.2 Å². The average Bonchev–Trinajstić information content (AvgIpc) is 2.42. The van der Waals surface area contributed by atoms with Crippen LogP contribution >= 0.6 is 0 Å². The minimum absolute atomic E-state index is 0.306. The molecule has 0 aliphatic rings. The number of nitrogen functional groups attached to an aromatic ring is 1. The van der Waals surface area contributed by atoms with Gasteiger partial charge in [0.25, 0.3) is 5.91 Å². The largest absolute Gasteiger partial charge is 0.398 e. The number of amides is 2. The number of nitrogens with zero attached hydrogens (tertiary/aromatic N) is 1. The number of anilines is 1. The Morgan fingerprint density at radius 3 is 2.45 bits per heavy atom. The Kier molecular flexibility index (Phi) is 5.99. The third kappa shape index (κ3) is 3.96. The van der Waals surface area contributed by atoms with E-state index in [-0.39, 0.29) is 5.91 Å². The highest BCUT2D eigenvalue weighted by atomic mass is 16.2. The molecule has 1 atom stereocenters. The van der Waals surface area contributed by atoms with E-state index in [1.807, 2.05) is 0 Å². The molecule has 0 bridgehead atoms. The van der Waals surface area contributed by atoms with Gasteiger partial charge in [0.05, 0.1) is 5.56 Å². The molecule has 0 fully saturated rings. The van der Waals surface area contributed by atoms with Crippen molar-refractivity contribution < 1.29 is 9.59 Å². The van der Waals surface area contributed by atoms with Crippen LogP contribution in [0.5, 0.6) is 0 Å². The van der Waals surface area contributed by atoms with Gasteiger partial charge >= 0.3 is 0 Å². The topological polar surface area (TPSA) is 115 Å². The molecule has 1 aromatic carbocycles. The minimum Gasteiger partial charge on any atom is -0.398 e. The van der Waals surface area contributed by atoms with E-state index in [1.54, 1.807) is 31.3 Å². The van der Waals surface area contributed by atoms with Crippen LogP contribution in [0, 0.1) is 0 Å². The number of likely N-dealkylation sites (N-methyl/N-ethyl adjacent to an activating group) is 1. The fraction of sp³-hybridized carbons (Fsp3) is 0.429. The maximum Gasteiger partial charge on any atom is 0.256 e. The van der Waals surface area contributed by atoms with Crippen LogP contribution in [0.1, 0.15) is 29.6 Å². The van der Waals surface area contributed by atoms with Gasteiger partial charge in [-0.05, 0) is 37.9 Å². The molecule has 110 valence electrons. The van der Waals surface area contributed by atoms with Crippen molar-refractivity contribution in [2.45, 2.75) is 25.3 Å². The summed E-state index contributed by atoms with van der Waals surface area (Å²) in [5.74, 6) is -0.827. The van der Waals surface area contributed by atoms with Crippen molar-refractivity contribution in [1.82, 2.24) is 4.90 Å². The number of benzene rings is 1. The lowest BCUT2D eigenvalue weighted by Gasteiger charge is -2.26. The van der Waals surface area contributed by atoms with Crippen molar-refractivity contribution in [3.63, 3.8) is 0 Å². The van der Waals surface area contributed by atoms with Gasteiger partial charge in [0, 0.05) is 12.7 Å². The van der Waals surface area contributed by atoms with Crippen LogP contribution in [0.3, 0.4) is 0 Å². The minimum atomic E-state index is -0.645. The molecule has 6 nitrogen and oxygen atoms in total. The Balaban J connectivity index is 2.84. The summed E-state index contributed by atoms with van der Waals surface area (Å²) in [6.45, 7) is 0.550. The highest BCUT2D eigenvalue weighted by Crippen LogP contribution is 2.16. The Labute approximate surface area is 118 Å². The van der Waals surface area contributed by atoms with E-state index >= 15 is 0 Å². The molecule has 6 heteroatoms. The molecule has 6 N–H and O–H groups in total. The summed E-state index contributed by atoms with van der Waals surface area (Å²) in [7, 11) is 1.56. The van der Waals surface area contributed by atoms with Gasteiger partial charge in [0.15, 0.2) is 0 Å². The summed E-state index contributed by atoms with van der Waals surface area (Å²) in [5.41, 5.74) is 17.3. The van der Waals surface area contributed by atoms with Crippen LogP contribution in [-0.4, -0.2) is 36.3 Å². The van der Waals surface area contributed by atoms with E-state index < -0.39 is 11.9 Å². The summed E-state index contributed by atoms with van der Waals surface area (Å²) in [4.78, 5) is 25.2. The number of carbonyl (C=O) groups is 2. The van der Waals surface area contributed by atoms with Gasteiger partial charge < -0.3 is 22.1 Å². The first kappa shape index (κ1) is 16.0. The first-order chi connectivity index (χ1) is 9.49. The van der Waals surface area contributed by atoms with Crippen LogP contribution in [-0.2, 0) is 4.79 Å². The zero-order chi connectivity index (χ0) is 15.1. The molecule has 0 spiro atoms. The van der Waals surface area contributed by atoms with Crippen molar-refractivity contribution in [3.8, 4) is 0 Å². The normalized spacial score (nSPS) is 11.9. The quantitative estimate of drug-likeness (QED) is 0.492. The highest BCUT2D eigenvalue weighted by Gasteiger charge is 2.26. The van der Waals surface area contributed by atoms with Crippen molar-refractivity contribution in [2.75, 3.05) is 19.3 Å². The molecule has 1 rings (SSSR count). The first-order valence-corrected chi connectivity index (χ1v) is 6.60. The fourth-order valence-corrected chi connectivity index (χ4v) is 2.03. The molecule has 0 aliphatic carbocycles. The van der Waals surface area contributed by atoms with E-state index in [0.717, 1.165) is 12.8 Å². The third-order valence-corrected chi connectivity index (χ3v) is 3.24. The zero-order valence-electron chi connectivity index (χ0n) is 11.7. The Morgan fingerprint density at radius 1 is 1.25 bits per heavy atom. The average molecular weight is 278 g/mol. The van der Waals surface area contributed by atoms with Crippen LogP contribution in [0.15, 0.2) is 24.3 Å². The number of unbranched alkanes of at least 4 members (excludes halogenated alkanes) is 1. The Morgan fingerprint density at radius 2 is 1.90 bits per heavy atom. The number of hydrogen-bond donors (Lipinski definition) is 3. The van der Waals surface area contributed by atoms with Crippen LogP contribution in [0.2, 0.25) is 0 Å². The van der Waals surface area contributed by atoms with E-state index in [0.29, 0.717) is 24.2 Å². The standard InChI is InChI=1S/C14H22N4O2/c1-18(12(13(17)19)8-4-5-9-15)14(20)10-6-2-3-7-11(10)16/h2-3,6-7,12H,4-5,8-9,15-16H2,1H3,(H2,17,19)/t12-/m0/s1. The third-order valence-electron chi connectivity index (χ3n) is 3.24. The number of nitrogens with two attached hydrogens (primary N) is 3. The predicted molar refractivity (Wildman–Crippen MR) is 78.8 cm³/mol. The van der Waals surface area contributed by atoms with Gasteiger partial charge in [-0.15, -0.1) is 0 Å². The van der Waals surface area contributed by atoms with Crippen LogP contribution in [0.4, 0.5) is 5.69 Å². The first-order valence-electron chi connectivity index (χ1n) is 6.60. The van der Waals surface area contributed by atoms with Gasteiger partial charge in [-0.25, -0.2) is 0 Å². The maximum absolute atomic E-state index is 12.4. The molecule has 0 heterocycles. The summed E-state index contributed by atoms with van der Waals surface area (Å²) >= 11 is 0. The monoisotopic (exact) mass is 278 g/mol. The van der Waals surface area contributed by atoms with Gasteiger partial charge in [-0.3, -0.25) is 9.59 Å². The van der Waals surface area contributed by atoms with Gasteiger partial charge in [-0.1, -0.05) is 12.1 Å². The molecule has 0 aromatic heterocycles. The van der Waals surface area contributed by atoms with Gasteiger partial charge in [0.2, 0.25) is 5.91 Å². The number of hydrogen-bond acceptors (Lipinski definition) is 4. The lowest BCUT2D eigenvalue weighted by molar-refractivity contribution is -0.122. The number of primary amides is 1. The molecule has 0 unspecified atom stereocenters. The SMILES string of the molecule is CN(C(=O)c1ccccc1N)[C@@H](CCCCN)C(N)=O. The zero-order valence-corrected chi connectivity index (χ0v) is 11.7. The Bertz CT molecular complexity index is 476. The number of para-hydroxylation sites is 1. The lowest BCUT2D eigenvalue weighted by atomic mass is 10.1. The van der Waals surface area contributed by atoms with Crippen molar-refractivity contribution in [3.05, 3.63) is 29.8 Å². The number of carbonyl (C=O) groups excluding carboxylic acids is 2. The second-order valence-corrected chi connectivity index (χ2v) is 4.71. The molecule has 0 saturated carbocycles. The molecule has 0 radical (unpaired) electrons. The molecule has 0 aliphatic heterocycles. The second kappa shape index (κ2) is 7.49. The second-order valence-electron chi connectivity index (χ2n) is 4.71. The van der Waals surface area contributed by atoms with E-state index in [2.05, 4.69) is 0 Å².